The number of para-hydroxylation sites is 2. The summed E-state index contributed by atoms with van der Waals surface area (Å²) in [6.07, 6.45) is 0.445. The zero-order chi connectivity index (χ0) is 16.8. The van der Waals surface area contributed by atoms with Crippen molar-refractivity contribution in [2.24, 2.45) is 0 Å². The second kappa shape index (κ2) is 7.60. The highest BCUT2D eigenvalue weighted by molar-refractivity contribution is 6.32. The van der Waals surface area contributed by atoms with Crippen LogP contribution in [-0.4, -0.2) is 30.1 Å². The van der Waals surface area contributed by atoms with E-state index in [9.17, 15) is 9.59 Å². The van der Waals surface area contributed by atoms with E-state index in [1.54, 1.807) is 30.3 Å². The molecule has 0 radical (unpaired) electrons. The Kier molecular flexibility index (Phi) is 5.54. The van der Waals surface area contributed by atoms with Crippen LogP contribution in [0.1, 0.15) is 17.3 Å². The number of nitrogens with one attached hydrogen (secondary N) is 1. The van der Waals surface area contributed by atoms with Crippen molar-refractivity contribution >= 4 is 29.2 Å². The fourth-order valence-electron chi connectivity index (χ4n) is 1.80. The summed E-state index contributed by atoms with van der Waals surface area (Å²) < 4.78 is 10.3. The first-order valence-corrected chi connectivity index (χ1v) is 7.16. The van der Waals surface area contributed by atoms with Crippen molar-refractivity contribution in [3.8, 4) is 5.75 Å². The predicted octanol–water partition coefficient (Wildman–Crippen LogP) is 2.93. The van der Waals surface area contributed by atoms with Gasteiger partial charge in [0.05, 0.1) is 18.4 Å². The van der Waals surface area contributed by atoms with E-state index in [-0.39, 0.29) is 10.7 Å². The fourth-order valence-corrected chi connectivity index (χ4v) is 1.99. The molecular weight excluding hydrogens is 320 g/mol. The number of nitrogens with zero attached hydrogens (tertiary/aromatic N) is 1. The molecule has 0 spiro atoms. The van der Waals surface area contributed by atoms with Crippen LogP contribution >= 0.6 is 11.6 Å². The minimum absolute atomic E-state index is 0.0230. The highest BCUT2D eigenvalue weighted by atomic mass is 35.5. The molecule has 120 valence electrons. The normalized spacial score (nSPS) is 11.4. The maximum atomic E-state index is 12.1. The molecular formula is C16H15ClN2O4. The van der Waals surface area contributed by atoms with Crippen LogP contribution in [0.3, 0.4) is 0 Å². The molecule has 1 aromatic heterocycles. The van der Waals surface area contributed by atoms with Crippen LogP contribution in [0.25, 0.3) is 0 Å². The molecule has 0 aliphatic heterocycles. The summed E-state index contributed by atoms with van der Waals surface area (Å²) in [6, 6.07) is 9.96. The first-order chi connectivity index (χ1) is 11.0. The number of hydrogen-bond donors (Lipinski definition) is 1. The molecule has 6 nitrogen and oxygen atoms in total. The van der Waals surface area contributed by atoms with Crippen molar-refractivity contribution in [1.29, 1.82) is 0 Å². The van der Waals surface area contributed by atoms with Gasteiger partial charge in [-0.25, -0.2) is 9.78 Å². The summed E-state index contributed by atoms with van der Waals surface area (Å²) in [7, 11) is 1.50. The van der Waals surface area contributed by atoms with E-state index in [1.165, 1.54) is 26.3 Å². The number of carbonyl (C=O) groups is 2. The third kappa shape index (κ3) is 4.20. The SMILES string of the molecule is COc1ccccc1NC(=O)[C@H](C)OC(=O)c1cccnc1Cl. The number of ether oxygens (including phenoxy) is 2. The summed E-state index contributed by atoms with van der Waals surface area (Å²) >= 11 is 5.82. The number of benzene rings is 1. The summed E-state index contributed by atoms with van der Waals surface area (Å²) in [5.74, 6) is -0.691. The van der Waals surface area contributed by atoms with Gasteiger partial charge in [0, 0.05) is 6.20 Å². The lowest BCUT2D eigenvalue weighted by molar-refractivity contribution is -0.123. The van der Waals surface area contributed by atoms with Crippen LogP contribution in [-0.2, 0) is 9.53 Å². The van der Waals surface area contributed by atoms with Crippen LogP contribution in [0.5, 0.6) is 5.75 Å². The van der Waals surface area contributed by atoms with Gasteiger partial charge in [-0.15, -0.1) is 0 Å². The summed E-state index contributed by atoms with van der Waals surface area (Å²) in [4.78, 5) is 27.9. The molecule has 1 N–H and O–H groups in total. The van der Waals surface area contributed by atoms with Crippen molar-refractivity contribution in [2.45, 2.75) is 13.0 Å². The number of hydrogen-bond acceptors (Lipinski definition) is 5. The van der Waals surface area contributed by atoms with Crippen molar-refractivity contribution in [2.75, 3.05) is 12.4 Å². The highest BCUT2D eigenvalue weighted by Gasteiger charge is 2.21. The van der Waals surface area contributed by atoms with E-state index in [2.05, 4.69) is 10.3 Å². The highest BCUT2D eigenvalue weighted by Crippen LogP contribution is 2.23. The van der Waals surface area contributed by atoms with Crippen LogP contribution in [0.4, 0.5) is 5.69 Å². The van der Waals surface area contributed by atoms with Crippen molar-refractivity contribution in [1.82, 2.24) is 4.98 Å². The number of methoxy groups -OCH3 is 1. The Morgan fingerprint density at radius 1 is 1.22 bits per heavy atom. The molecule has 0 aliphatic carbocycles. The number of aromatic nitrogens is 1. The van der Waals surface area contributed by atoms with E-state index in [4.69, 9.17) is 21.1 Å². The lowest BCUT2D eigenvalue weighted by Gasteiger charge is -2.15. The van der Waals surface area contributed by atoms with Gasteiger partial charge in [-0.1, -0.05) is 23.7 Å². The van der Waals surface area contributed by atoms with Gasteiger partial charge in [-0.2, -0.15) is 0 Å². The van der Waals surface area contributed by atoms with Crippen LogP contribution in [0.2, 0.25) is 5.15 Å². The van der Waals surface area contributed by atoms with E-state index in [1.807, 2.05) is 0 Å². The Morgan fingerprint density at radius 3 is 2.65 bits per heavy atom. The largest absolute Gasteiger partial charge is 0.495 e. The van der Waals surface area contributed by atoms with E-state index in [0.29, 0.717) is 11.4 Å². The Morgan fingerprint density at radius 2 is 1.96 bits per heavy atom. The lowest BCUT2D eigenvalue weighted by Crippen LogP contribution is -2.30. The van der Waals surface area contributed by atoms with Crippen LogP contribution in [0, 0.1) is 0 Å². The van der Waals surface area contributed by atoms with E-state index in [0.717, 1.165) is 0 Å². The fraction of sp³-hybridized carbons (Fsp3) is 0.188. The number of halogens is 1. The molecule has 1 atom stereocenters. The number of rotatable bonds is 5. The molecule has 7 heteroatoms. The van der Waals surface area contributed by atoms with Gasteiger partial charge < -0.3 is 14.8 Å². The number of pyridine rings is 1. The van der Waals surface area contributed by atoms with Gasteiger partial charge >= 0.3 is 5.97 Å². The topological polar surface area (TPSA) is 77.5 Å². The summed E-state index contributed by atoms with van der Waals surface area (Å²) in [6.45, 7) is 1.47. The predicted molar refractivity (Wildman–Crippen MR) is 85.7 cm³/mol. The molecule has 2 rings (SSSR count). The minimum Gasteiger partial charge on any atom is -0.495 e. The second-order valence-electron chi connectivity index (χ2n) is 4.58. The molecule has 1 heterocycles. The third-order valence-electron chi connectivity index (χ3n) is 3.00. The molecule has 2 aromatic rings. The number of esters is 1. The van der Waals surface area contributed by atoms with Crippen LogP contribution < -0.4 is 10.1 Å². The Labute approximate surface area is 138 Å². The number of carbonyl (C=O) groups excluding carboxylic acids is 2. The maximum Gasteiger partial charge on any atom is 0.342 e. The van der Waals surface area contributed by atoms with Crippen molar-refractivity contribution < 1.29 is 19.1 Å². The van der Waals surface area contributed by atoms with Gasteiger partial charge in [0.15, 0.2) is 6.10 Å². The van der Waals surface area contributed by atoms with Gasteiger partial charge in [0.25, 0.3) is 5.91 Å². The average Bonchev–Trinajstić information content (AvgIpc) is 2.55. The quantitative estimate of drug-likeness (QED) is 0.672. The summed E-state index contributed by atoms with van der Waals surface area (Å²) in [5, 5.41) is 2.67. The van der Waals surface area contributed by atoms with Crippen molar-refractivity contribution in [3.05, 3.63) is 53.3 Å². The monoisotopic (exact) mass is 334 g/mol. The van der Waals surface area contributed by atoms with Gasteiger partial charge in [0.2, 0.25) is 0 Å². The molecule has 1 amide bonds. The van der Waals surface area contributed by atoms with E-state index >= 15 is 0 Å². The lowest BCUT2D eigenvalue weighted by atomic mass is 10.2. The minimum atomic E-state index is -1.01. The molecule has 0 saturated carbocycles. The first kappa shape index (κ1) is 16.8. The number of amides is 1. The molecule has 0 fully saturated rings. The Balaban J connectivity index is 2.03. The second-order valence-corrected chi connectivity index (χ2v) is 4.94. The molecule has 0 aliphatic rings. The van der Waals surface area contributed by atoms with Gasteiger partial charge in [-0.05, 0) is 31.2 Å². The van der Waals surface area contributed by atoms with E-state index < -0.39 is 18.0 Å². The summed E-state index contributed by atoms with van der Waals surface area (Å²) in [5.41, 5.74) is 0.591. The zero-order valence-electron chi connectivity index (χ0n) is 12.6. The molecule has 0 saturated heterocycles. The molecule has 1 aromatic carbocycles. The van der Waals surface area contributed by atoms with Crippen molar-refractivity contribution in [3.63, 3.8) is 0 Å². The molecule has 23 heavy (non-hydrogen) atoms. The average molecular weight is 335 g/mol. The maximum absolute atomic E-state index is 12.1. The van der Waals surface area contributed by atoms with Crippen LogP contribution in [0.15, 0.2) is 42.6 Å². The van der Waals surface area contributed by atoms with Gasteiger partial charge in [0.1, 0.15) is 10.9 Å². The Hall–Kier alpha value is -2.60. The molecule has 0 unspecified atom stereocenters. The first-order valence-electron chi connectivity index (χ1n) is 6.78. The third-order valence-corrected chi connectivity index (χ3v) is 3.30. The smallest absolute Gasteiger partial charge is 0.342 e. The standard InChI is InChI=1S/C16H15ClN2O4/c1-10(23-16(21)11-6-5-9-18-14(11)17)15(20)19-12-7-3-4-8-13(12)22-2/h3-10H,1-2H3,(H,19,20)/t10-/m0/s1. The zero-order valence-corrected chi connectivity index (χ0v) is 13.3. The molecule has 0 bridgehead atoms. The Bertz CT molecular complexity index is 721. The van der Waals surface area contributed by atoms with Gasteiger partial charge in [-0.3, -0.25) is 4.79 Å². The number of anilines is 1.